The van der Waals surface area contributed by atoms with E-state index in [1.807, 2.05) is 6.07 Å². The van der Waals surface area contributed by atoms with Crippen LogP contribution in [0.1, 0.15) is 17.2 Å². The highest BCUT2D eigenvalue weighted by Crippen LogP contribution is 2.33. The average Bonchev–Trinajstić information content (AvgIpc) is 2.60. The first kappa shape index (κ1) is 16.6. The zero-order chi connectivity index (χ0) is 17.1. The topological polar surface area (TPSA) is 50.7 Å². The maximum absolute atomic E-state index is 13.4. The van der Waals surface area contributed by atoms with Gasteiger partial charge in [0.2, 0.25) is 0 Å². The van der Waals surface area contributed by atoms with Gasteiger partial charge in [0.05, 0.1) is 12.6 Å². The summed E-state index contributed by atoms with van der Waals surface area (Å²) in [5.41, 5.74) is 0.907. The number of aliphatic hydroxyl groups excluding tert-OH is 1. The van der Waals surface area contributed by atoms with E-state index in [-0.39, 0.29) is 12.1 Å². The van der Waals surface area contributed by atoms with Gasteiger partial charge in [-0.15, -0.1) is 0 Å². The van der Waals surface area contributed by atoms with Gasteiger partial charge in [-0.05, 0) is 23.8 Å². The minimum absolute atomic E-state index is 0.121. The lowest BCUT2D eigenvalue weighted by Crippen LogP contribution is -2.25. The molecule has 0 aromatic heterocycles. The van der Waals surface area contributed by atoms with Crippen LogP contribution in [0.25, 0.3) is 0 Å². The molecule has 0 saturated carbocycles. The van der Waals surface area contributed by atoms with Crippen molar-refractivity contribution in [3.8, 4) is 11.5 Å². The Morgan fingerprint density at radius 2 is 1.79 bits per heavy atom. The van der Waals surface area contributed by atoms with E-state index < -0.39 is 30.1 Å². The van der Waals surface area contributed by atoms with Crippen molar-refractivity contribution in [3.05, 3.63) is 58.9 Å². The van der Waals surface area contributed by atoms with Gasteiger partial charge in [0, 0.05) is 12.1 Å². The second kappa shape index (κ2) is 7.11. The van der Waals surface area contributed by atoms with Crippen LogP contribution in [0.4, 0.5) is 13.2 Å². The maximum Gasteiger partial charge on any atom is 0.194 e. The van der Waals surface area contributed by atoms with Crippen molar-refractivity contribution >= 4 is 0 Å². The zero-order valence-corrected chi connectivity index (χ0v) is 12.7. The summed E-state index contributed by atoms with van der Waals surface area (Å²) in [6.45, 7) is 0.772. The minimum Gasteiger partial charge on any atom is -0.486 e. The fraction of sp³-hybridized carbons (Fsp3) is 0.294. The molecule has 2 aromatic carbocycles. The van der Waals surface area contributed by atoms with E-state index in [1.54, 1.807) is 12.1 Å². The van der Waals surface area contributed by atoms with Crippen LogP contribution in [0, 0.1) is 17.5 Å². The standard InChI is InChI=1S/C17H16F3NO3/c18-12-6-11(7-13(19)16(12)20)14(9-22)21-8-10-2-1-3-15-17(10)24-5-4-23-15/h1-3,6-7,14,21-22H,4-5,8-9H2. The van der Waals surface area contributed by atoms with Crippen molar-refractivity contribution in [3.63, 3.8) is 0 Å². The summed E-state index contributed by atoms with van der Waals surface area (Å²) in [4.78, 5) is 0. The summed E-state index contributed by atoms with van der Waals surface area (Å²) < 4.78 is 50.8. The third-order valence-corrected chi connectivity index (χ3v) is 3.78. The summed E-state index contributed by atoms with van der Waals surface area (Å²) >= 11 is 0. The first-order valence-electron chi connectivity index (χ1n) is 7.46. The van der Waals surface area contributed by atoms with E-state index in [0.29, 0.717) is 24.7 Å². The first-order chi connectivity index (χ1) is 11.6. The molecule has 2 N–H and O–H groups in total. The first-order valence-corrected chi connectivity index (χ1v) is 7.46. The SMILES string of the molecule is OCC(NCc1cccc2c1OCCO2)c1cc(F)c(F)c(F)c1. The lowest BCUT2D eigenvalue weighted by molar-refractivity contribution is 0.169. The third kappa shape index (κ3) is 3.32. The van der Waals surface area contributed by atoms with Gasteiger partial charge >= 0.3 is 0 Å². The molecule has 1 atom stereocenters. The van der Waals surface area contributed by atoms with E-state index in [0.717, 1.165) is 17.7 Å². The third-order valence-electron chi connectivity index (χ3n) is 3.78. The van der Waals surface area contributed by atoms with Gasteiger partial charge in [-0.1, -0.05) is 12.1 Å². The van der Waals surface area contributed by atoms with Gasteiger partial charge in [-0.3, -0.25) is 0 Å². The van der Waals surface area contributed by atoms with E-state index in [2.05, 4.69) is 5.32 Å². The minimum atomic E-state index is -1.53. The lowest BCUT2D eigenvalue weighted by Gasteiger charge is -2.22. The molecule has 1 aliphatic rings. The zero-order valence-electron chi connectivity index (χ0n) is 12.7. The molecule has 2 aromatic rings. The molecule has 1 aliphatic heterocycles. The number of hydrogen-bond donors (Lipinski definition) is 2. The highest BCUT2D eigenvalue weighted by molar-refractivity contribution is 5.47. The normalized spacial score (nSPS) is 14.5. The van der Waals surface area contributed by atoms with Crippen LogP contribution >= 0.6 is 0 Å². The van der Waals surface area contributed by atoms with Gasteiger partial charge in [-0.2, -0.15) is 0 Å². The predicted molar refractivity (Wildman–Crippen MR) is 80.4 cm³/mol. The second-order valence-corrected chi connectivity index (χ2v) is 5.36. The average molecular weight is 339 g/mol. The monoisotopic (exact) mass is 339 g/mol. The Labute approximate surface area is 136 Å². The molecular formula is C17H16F3NO3. The molecule has 7 heteroatoms. The van der Waals surface area contributed by atoms with Gasteiger partial charge in [-0.25, -0.2) is 13.2 Å². The molecule has 3 rings (SSSR count). The smallest absolute Gasteiger partial charge is 0.194 e. The fourth-order valence-corrected chi connectivity index (χ4v) is 2.57. The van der Waals surface area contributed by atoms with Crippen molar-refractivity contribution in [1.82, 2.24) is 5.32 Å². The molecule has 0 fully saturated rings. The van der Waals surface area contributed by atoms with Crippen LogP contribution < -0.4 is 14.8 Å². The molecule has 0 radical (unpaired) electrons. The van der Waals surface area contributed by atoms with Gasteiger partial charge in [0.1, 0.15) is 13.2 Å². The number of benzene rings is 2. The quantitative estimate of drug-likeness (QED) is 0.823. The number of nitrogens with one attached hydrogen (secondary N) is 1. The number of para-hydroxylation sites is 1. The predicted octanol–water partition coefficient (Wildman–Crippen LogP) is 2.70. The highest BCUT2D eigenvalue weighted by atomic mass is 19.2. The van der Waals surface area contributed by atoms with Crippen molar-refractivity contribution in [1.29, 1.82) is 0 Å². The van der Waals surface area contributed by atoms with Gasteiger partial charge < -0.3 is 19.9 Å². The van der Waals surface area contributed by atoms with Crippen LogP contribution in [0.15, 0.2) is 30.3 Å². The molecule has 0 amide bonds. The molecule has 1 unspecified atom stereocenters. The molecule has 4 nitrogen and oxygen atoms in total. The van der Waals surface area contributed by atoms with Gasteiger partial charge in [0.25, 0.3) is 0 Å². The molecule has 0 aliphatic carbocycles. The van der Waals surface area contributed by atoms with Crippen LogP contribution in [0.3, 0.4) is 0 Å². The van der Waals surface area contributed by atoms with Crippen LogP contribution in [-0.2, 0) is 6.54 Å². The largest absolute Gasteiger partial charge is 0.486 e. The molecule has 24 heavy (non-hydrogen) atoms. The highest BCUT2D eigenvalue weighted by Gasteiger charge is 2.19. The molecular weight excluding hydrogens is 323 g/mol. The van der Waals surface area contributed by atoms with Crippen molar-refractivity contribution in [2.45, 2.75) is 12.6 Å². The van der Waals surface area contributed by atoms with E-state index in [4.69, 9.17) is 9.47 Å². The Hall–Kier alpha value is -2.25. The van der Waals surface area contributed by atoms with Gasteiger partial charge in [0.15, 0.2) is 29.0 Å². The number of fused-ring (bicyclic) bond motifs is 1. The Morgan fingerprint density at radius 1 is 1.08 bits per heavy atom. The van der Waals surface area contributed by atoms with Crippen molar-refractivity contribution in [2.75, 3.05) is 19.8 Å². The Balaban J connectivity index is 1.78. The summed E-state index contributed by atoms with van der Waals surface area (Å²) in [5.74, 6) is -2.89. The maximum atomic E-state index is 13.4. The number of rotatable bonds is 5. The second-order valence-electron chi connectivity index (χ2n) is 5.36. The fourth-order valence-electron chi connectivity index (χ4n) is 2.57. The molecule has 0 spiro atoms. The molecule has 0 bridgehead atoms. The summed E-state index contributed by atoms with van der Waals surface area (Å²) in [6, 6.07) is 6.39. The summed E-state index contributed by atoms with van der Waals surface area (Å²) in [5, 5.41) is 12.5. The van der Waals surface area contributed by atoms with Crippen molar-refractivity contribution < 1.29 is 27.8 Å². The van der Waals surface area contributed by atoms with Crippen LogP contribution in [-0.4, -0.2) is 24.9 Å². The Bertz CT molecular complexity index is 716. The number of aliphatic hydroxyl groups is 1. The van der Waals surface area contributed by atoms with E-state index in [9.17, 15) is 18.3 Å². The Kier molecular flexibility index (Phi) is 4.92. The van der Waals surface area contributed by atoms with Crippen LogP contribution in [0.2, 0.25) is 0 Å². The van der Waals surface area contributed by atoms with E-state index >= 15 is 0 Å². The Morgan fingerprint density at radius 3 is 2.50 bits per heavy atom. The van der Waals surface area contributed by atoms with Crippen LogP contribution in [0.5, 0.6) is 11.5 Å². The molecule has 0 saturated heterocycles. The van der Waals surface area contributed by atoms with Crippen molar-refractivity contribution in [2.24, 2.45) is 0 Å². The van der Waals surface area contributed by atoms with E-state index in [1.165, 1.54) is 0 Å². The lowest BCUT2D eigenvalue weighted by atomic mass is 10.1. The summed E-state index contributed by atoms with van der Waals surface area (Å²) in [7, 11) is 0. The number of hydrogen-bond acceptors (Lipinski definition) is 4. The number of halogens is 3. The summed E-state index contributed by atoms with van der Waals surface area (Å²) in [6.07, 6.45) is 0. The molecule has 1 heterocycles. The number of ether oxygens (including phenoxy) is 2. The molecule has 128 valence electrons.